The molecule has 0 saturated carbocycles. The van der Waals surface area contributed by atoms with E-state index in [1.54, 1.807) is 0 Å². The van der Waals surface area contributed by atoms with Crippen molar-refractivity contribution >= 4 is 21.9 Å². The van der Waals surface area contributed by atoms with E-state index < -0.39 is 17.7 Å². The van der Waals surface area contributed by atoms with Gasteiger partial charge >= 0.3 is 5.97 Å². The normalized spacial score (nSPS) is 12.3. The van der Waals surface area contributed by atoms with Gasteiger partial charge in [0.05, 0.1) is 17.5 Å². The van der Waals surface area contributed by atoms with Gasteiger partial charge in [-0.15, -0.1) is 0 Å². The van der Waals surface area contributed by atoms with Crippen LogP contribution in [0, 0.1) is 12.7 Å². The number of carboxylic acid groups (broad SMARTS) is 1. The number of nitrogens with two attached hydrogens (primary N) is 1. The maximum Gasteiger partial charge on any atom is 0.312 e. The maximum absolute atomic E-state index is 13.6. The van der Waals surface area contributed by atoms with E-state index in [1.165, 1.54) is 20.1 Å². The second-order valence-electron chi connectivity index (χ2n) is 3.54. The van der Waals surface area contributed by atoms with Gasteiger partial charge in [0.2, 0.25) is 0 Å². The lowest BCUT2D eigenvalue weighted by Gasteiger charge is -2.18. The molecule has 0 amide bonds. The molecule has 4 nitrogen and oxygen atoms in total. The molecule has 17 heavy (non-hydrogen) atoms. The largest absolute Gasteiger partial charge is 0.495 e. The van der Waals surface area contributed by atoms with E-state index >= 15 is 0 Å². The van der Waals surface area contributed by atoms with Gasteiger partial charge in [-0.25, -0.2) is 4.39 Å². The monoisotopic (exact) mass is 305 g/mol. The standard InChI is InChI=1S/C11H13BrFNO3/c1-5-8(13)3-7(12)10(17-2)9(5)6(4-14)11(15)16/h3,6H,4,14H2,1-2H3,(H,15,16). The predicted molar refractivity (Wildman–Crippen MR) is 64.8 cm³/mol. The third-order valence-corrected chi connectivity index (χ3v) is 3.15. The van der Waals surface area contributed by atoms with Crippen molar-refractivity contribution in [2.75, 3.05) is 13.7 Å². The average molecular weight is 306 g/mol. The van der Waals surface area contributed by atoms with Crippen LogP contribution in [0.15, 0.2) is 10.5 Å². The van der Waals surface area contributed by atoms with Crippen LogP contribution in [0.2, 0.25) is 0 Å². The third-order valence-electron chi connectivity index (χ3n) is 2.56. The van der Waals surface area contributed by atoms with Gasteiger partial charge in [-0.3, -0.25) is 4.79 Å². The Kier molecular flexibility index (Phi) is 4.47. The summed E-state index contributed by atoms with van der Waals surface area (Å²) >= 11 is 3.14. The minimum absolute atomic E-state index is 0.123. The van der Waals surface area contributed by atoms with Crippen LogP contribution in [0.25, 0.3) is 0 Å². The minimum Gasteiger partial charge on any atom is -0.495 e. The number of hydrogen-bond acceptors (Lipinski definition) is 3. The first-order valence-electron chi connectivity index (χ1n) is 4.89. The first-order valence-corrected chi connectivity index (χ1v) is 5.68. The van der Waals surface area contributed by atoms with E-state index in [-0.39, 0.29) is 17.7 Å². The zero-order valence-corrected chi connectivity index (χ0v) is 11.0. The van der Waals surface area contributed by atoms with Crippen LogP contribution in [0.5, 0.6) is 5.75 Å². The number of benzene rings is 1. The number of hydrogen-bond donors (Lipinski definition) is 2. The Labute approximate surface area is 107 Å². The molecule has 0 saturated heterocycles. The molecule has 0 spiro atoms. The van der Waals surface area contributed by atoms with Gasteiger partial charge in [-0.2, -0.15) is 0 Å². The summed E-state index contributed by atoms with van der Waals surface area (Å²) in [7, 11) is 1.40. The lowest BCUT2D eigenvalue weighted by atomic mass is 9.93. The fraction of sp³-hybridized carbons (Fsp3) is 0.364. The molecule has 0 aromatic heterocycles. The van der Waals surface area contributed by atoms with Crippen LogP contribution in [0.1, 0.15) is 17.0 Å². The zero-order valence-electron chi connectivity index (χ0n) is 9.46. The summed E-state index contributed by atoms with van der Waals surface area (Å²) in [6, 6.07) is 1.24. The number of halogens is 2. The second kappa shape index (κ2) is 5.46. The Bertz CT molecular complexity index is 451. The number of methoxy groups -OCH3 is 1. The van der Waals surface area contributed by atoms with Crippen molar-refractivity contribution in [2.45, 2.75) is 12.8 Å². The molecule has 1 unspecified atom stereocenters. The molecule has 0 aliphatic rings. The molecule has 1 rings (SSSR count). The van der Waals surface area contributed by atoms with E-state index in [0.717, 1.165) is 0 Å². The Morgan fingerprint density at radius 3 is 2.71 bits per heavy atom. The van der Waals surface area contributed by atoms with E-state index in [4.69, 9.17) is 15.6 Å². The van der Waals surface area contributed by atoms with Crippen molar-refractivity contribution in [1.82, 2.24) is 0 Å². The molecule has 0 heterocycles. The Morgan fingerprint density at radius 2 is 2.29 bits per heavy atom. The van der Waals surface area contributed by atoms with Crippen LogP contribution < -0.4 is 10.5 Å². The zero-order chi connectivity index (χ0) is 13.2. The van der Waals surface area contributed by atoms with Gasteiger partial charge in [-0.1, -0.05) is 0 Å². The van der Waals surface area contributed by atoms with Crippen LogP contribution in [-0.4, -0.2) is 24.7 Å². The van der Waals surface area contributed by atoms with Crippen molar-refractivity contribution < 1.29 is 19.0 Å². The molecular formula is C11H13BrFNO3. The van der Waals surface area contributed by atoms with Crippen molar-refractivity contribution in [3.8, 4) is 5.75 Å². The van der Waals surface area contributed by atoms with E-state index in [0.29, 0.717) is 10.2 Å². The average Bonchev–Trinajstić information content (AvgIpc) is 2.25. The molecule has 0 radical (unpaired) electrons. The fourth-order valence-electron chi connectivity index (χ4n) is 1.68. The van der Waals surface area contributed by atoms with Crippen LogP contribution in [0.4, 0.5) is 4.39 Å². The third kappa shape index (κ3) is 2.58. The maximum atomic E-state index is 13.6. The number of rotatable bonds is 4. The number of carbonyl (C=O) groups is 1. The van der Waals surface area contributed by atoms with Crippen molar-refractivity contribution in [2.24, 2.45) is 5.73 Å². The summed E-state index contributed by atoms with van der Waals surface area (Å²) in [5, 5.41) is 9.08. The van der Waals surface area contributed by atoms with Crippen LogP contribution >= 0.6 is 15.9 Å². The lowest BCUT2D eigenvalue weighted by molar-refractivity contribution is -0.138. The highest BCUT2D eigenvalue weighted by atomic mass is 79.9. The summed E-state index contributed by atoms with van der Waals surface area (Å²) in [6.45, 7) is 1.38. The number of ether oxygens (including phenoxy) is 1. The second-order valence-corrected chi connectivity index (χ2v) is 4.39. The first-order chi connectivity index (χ1) is 7.93. The number of aliphatic carboxylic acids is 1. The van der Waals surface area contributed by atoms with Gasteiger partial charge < -0.3 is 15.6 Å². The Morgan fingerprint density at radius 1 is 1.71 bits per heavy atom. The molecule has 6 heteroatoms. The summed E-state index contributed by atoms with van der Waals surface area (Å²) in [4.78, 5) is 11.1. The molecule has 0 fully saturated rings. The SMILES string of the molecule is COc1c(Br)cc(F)c(C)c1C(CN)C(=O)O. The van der Waals surface area contributed by atoms with E-state index in [9.17, 15) is 9.18 Å². The lowest BCUT2D eigenvalue weighted by Crippen LogP contribution is -2.23. The van der Waals surface area contributed by atoms with Crippen molar-refractivity contribution in [1.29, 1.82) is 0 Å². The van der Waals surface area contributed by atoms with Gasteiger partial charge in [0.25, 0.3) is 0 Å². The highest BCUT2D eigenvalue weighted by Gasteiger charge is 2.27. The van der Waals surface area contributed by atoms with Gasteiger partial charge in [0, 0.05) is 12.1 Å². The van der Waals surface area contributed by atoms with Crippen LogP contribution in [0.3, 0.4) is 0 Å². The summed E-state index contributed by atoms with van der Waals surface area (Å²) in [5.41, 5.74) is 5.94. The topological polar surface area (TPSA) is 72.5 Å². The molecule has 0 bridgehead atoms. The highest BCUT2D eigenvalue weighted by molar-refractivity contribution is 9.10. The van der Waals surface area contributed by atoms with Gasteiger partial charge in [0.1, 0.15) is 11.6 Å². The number of carboxylic acids is 1. The Hall–Kier alpha value is -1.14. The predicted octanol–water partition coefficient (Wildman–Crippen LogP) is 2.03. The van der Waals surface area contributed by atoms with E-state index in [1.807, 2.05) is 0 Å². The molecule has 0 aliphatic carbocycles. The fourth-order valence-corrected chi connectivity index (χ4v) is 2.26. The summed E-state index contributed by atoms with van der Waals surface area (Å²) in [5.74, 6) is -2.28. The molecule has 0 aliphatic heterocycles. The van der Waals surface area contributed by atoms with Crippen LogP contribution in [-0.2, 0) is 4.79 Å². The van der Waals surface area contributed by atoms with Gasteiger partial charge in [-0.05, 0) is 34.5 Å². The molecule has 1 aromatic carbocycles. The van der Waals surface area contributed by atoms with Gasteiger partial charge in [0.15, 0.2) is 0 Å². The minimum atomic E-state index is -1.11. The molecule has 1 atom stereocenters. The quantitative estimate of drug-likeness (QED) is 0.893. The summed E-state index contributed by atoms with van der Waals surface area (Å²) < 4.78 is 19.1. The van der Waals surface area contributed by atoms with Crippen molar-refractivity contribution in [3.63, 3.8) is 0 Å². The highest BCUT2D eigenvalue weighted by Crippen LogP contribution is 2.37. The molecule has 3 N–H and O–H groups in total. The first kappa shape index (κ1) is 13.9. The Balaban J connectivity index is 3.53. The molecular weight excluding hydrogens is 293 g/mol. The smallest absolute Gasteiger partial charge is 0.312 e. The molecule has 94 valence electrons. The summed E-state index contributed by atoms with van der Waals surface area (Å²) in [6.07, 6.45) is 0. The van der Waals surface area contributed by atoms with Crippen molar-refractivity contribution in [3.05, 3.63) is 27.5 Å². The van der Waals surface area contributed by atoms with E-state index in [2.05, 4.69) is 15.9 Å². The molecule has 1 aromatic rings.